The Morgan fingerprint density at radius 2 is 1.20 bits per heavy atom. The average molecular weight is 363 g/mol. The van der Waals surface area contributed by atoms with E-state index < -0.39 is 0 Å². The molecule has 0 unspecified atom stereocenters. The lowest BCUT2D eigenvalue weighted by Crippen LogP contribution is -2.44. The van der Waals surface area contributed by atoms with Gasteiger partial charge in [0, 0.05) is 24.2 Å². The first kappa shape index (κ1) is 32.5. The van der Waals surface area contributed by atoms with Crippen LogP contribution < -0.4 is 10.6 Å². The van der Waals surface area contributed by atoms with Crippen molar-refractivity contribution in [2.75, 3.05) is 13.7 Å². The van der Waals surface area contributed by atoms with Crippen molar-refractivity contribution in [3.63, 3.8) is 0 Å². The van der Waals surface area contributed by atoms with E-state index in [1.54, 1.807) is 0 Å². The monoisotopic (exact) mass is 362 g/mol. The molecule has 0 aromatic rings. The van der Waals surface area contributed by atoms with E-state index >= 15 is 0 Å². The minimum absolute atomic E-state index is 0.0723. The molecule has 0 bridgehead atoms. The molecule has 0 aromatic carbocycles. The van der Waals surface area contributed by atoms with Gasteiger partial charge < -0.3 is 15.7 Å². The van der Waals surface area contributed by atoms with Gasteiger partial charge in [0.25, 0.3) is 0 Å². The zero-order valence-electron chi connectivity index (χ0n) is 20.3. The zero-order chi connectivity index (χ0) is 21.3. The molecule has 3 N–H and O–H groups in total. The van der Waals surface area contributed by atoms with Crippen LogP contribution in [-0.4, -0.2) is 36.4 Å². The fraction of sp³-hybridized carbons (Fsp3) is 1.00. The molecule has 0 radical (unpaired) electrons. The molecule has 0 amide bonds. The number of hydrogen-bond acceptors (Lipinski definition) is 3. The van der Waals surface area contributed by atoms with E-state index in [2.05, 4.69) is 86.8 Å². The van der Waals surface area contributed by atoms with Crippen molar-refractivity contribution >= 4 is 0 Å². The highest BCUT2D eigenvalue weighted by Gasteiger charge is 2.18. The van der Waals surface area contributed by atoms with Gasteiger partial charge in [-0.25, -0.2) is 0 Å². The van der Waals surface area contributed by atoms with Crippen molar-refractivity contribution in [2.45, 2.75) is 120 Å². The van der Waals surface area contributed by atoms with Crippen LogP contribution in [0.5, 0.6) is 0 Å². The minimum atomic E-state index is 0.0723. The molecule has 0 aliphatic rings. The highest BCUT2D eigenvalue weighted by Crippen LogP contribution is 2.28. The third kappa shape index (κ3) is 28.9. The van der Waals surface area contributed by atoms with Crippen LogP contribution in [0.2, 0.25) is 0 Å². The molecule has 25 heavy (non-hydrogen) atoms. The number of hydrogen-bond donors (Lipinski definition) is 3. The average Bonchev–Trinajstić information content (AvgIpc) is 2.48. The fourth-order valence-corrected chi connectivity index (χ4v) is 1.54. The third-order valence-electron chi connectivity index (χ3n) is 4.47. The van der Waals surface area contributed by atoms with Crippen LogP contribution in [0.15, 0.2) is 0 Å². The van der Waals surface area contributed by atoms with Gasteiger partial charge in [0.1, 0.15) is 0 Å². The Morgan fingerprint density at radius 1 is 0.840 bits per heavy atom. The predicted molar refractivity (Wildman–Crippen MR) is 119 cm³/mol. The highest BCUT2D eigenvalue weighted by molar-refractivity contribution is 4.78. The first-order valence-corrected chi connectivity index (χ1v) is 10.3. The van der Waals surface area contributed by atoms with Crippen LogP contribution in [-0.2, 0) is 0 Å². The molecule has 0 fully saturated rings. The van der Waals surface area contributed by atoms with Crippen LogP contribution >= 0.6 is 0 Å². The molecule has 0 saturated carbocycles. The first-order chi connectivity index (χ1) is 11.3. The van der Waals surface area contributed by atoms with Gasteiger partial charge in [-0.05, 0) is 38.6 Å². The van der Waals surface area contributed by atoms with E-state index in [-0.39, 0.29) is 12.1 Å². The number of nitrogens with one attached hydrogen (secondary N) is 2. The second-order valence-corrected chi connectivity index (χ2v) is 8.60. The summed E-state index contributed by atoms with van der Waals surface area (Å²) in [5.41, 5.74) is 0.614. The molecular formula is C22H54N2O. The molecule has 0 atom stereocenters. The van der Waals surface area contributed by atoms with Crippen molar-refractivity contribution in [3.05, 3.63) is 0 Å². The summed E-state index contributed by atoms with van der Waals surface area (Å²) < 4.78 is 0. The molecule has 3 nitrogen and oxygen atoms in total. The van der Waals surface area contributed by atoms with E-state index in [1.165, 1.54) is 6.42 Å². The maximum absolute atomic E-state index is 8.67. The summed E-state index contributed by atoms with van der Waals surface area (Å²) in [5.74, 6) is 0.812. The lowest BCUT2D eigenvalue weighted by Gasteiger charge is -2.27. The summed E-state index contributed by atoms with van der Waals surface area (Å²) in [6.45, 7) is 28.3. The lowest BCUT2D eigenvalue weighted by atomic mass is 9.79. The Balaban J connectivity index is -0.000000132. The maximum atomic E-state index is 8.67. The number of aliphatic hydroxyl groups excluding tert-OH is 1. The normalized spacial score (nSPS) is 11.3. The van der Waals surface area contributed by atoms with Gasteiger partial charge in [0.2, 0.25) is 0 Å². The van der Waals surface area contributed by atoms with Gasteiger partial charge in [-0.2, -0.15) is 0 Å². The fourth-order valence-electron chi connectivity index (χ4n) is 1.54. The molecule has 0 rings (SSSR count). The topological polar surface area (TPSA) is 44.3 Å². The molecule has 0 aliphatic carbocycles. The van der Waals surface area contributed by atoms with E-state index in [9.17, 15) is 0 Å². The zero-order valence-corrected chi connectivity index (χ0v) is 20.3. The molecule has 0 saturated heterocycles. The SMILES string of the molecule is CC.CC(C)NC(C)(C)CCO.CCC(C)(C)C(C)C.CNC(C)C. The minimum Gasteiger partial charge on any atom is -0.396 e. The summed E-state index contributed by atoms with van der Waals surface area (Å²) in [4.78, 5) is 0. The van der Waals surface area contributed by atoms with E-state index in [0.29, 0.717) is 17.5 Å². The Bertz CT molecular complexity index is 246. The summed E-state index contributed by atoms with van der Waals surface area (Å²) in [6.07, 6.45) is 2.09. The van der Waals surface area contributed by atoms with Gasteiger partial charge in [-0.1, -0.05) is 82.6 Å². The number of rotatable bonds is 7. The molecule has 158 valence electrons. The van der Waals surface area contributed by atoms with Crippen LogP contribution in [0.3, 0.4) is 0 Å². The molecule has 3 heteroatoms. The Kier molecular flexibility index (Phi) is 24.3. The van der Waals surface area contributed by atoms with E-state index in [0.717, 1.165) is 12.3 Å². The third-order valence-corrected chi connectivity index (χ3v) is 4.47. The van der Waals surface area contributed by atoms with Crippen molar-refractivity contribution in [2.24, 2.45) is 11.3 Å². The van der Waals surface area contributed by atoms with Crippen LogP contribution in [0.25, 0.3) is 0 Å². The molecule has 0 heterocycles. The lowest BCUT2D eigenvalue weighted by molar-refractivity contribution is 0.223. The first-order valence-electron chi connectivity index (χ1n) is 10.3. The predicted octanol–water partition coefficient (Wildman–Crippen LogP) is 5.86. The van der Waals surface area contributed by atoms with E-state index in [1.807, 2.05) is 20.9 Å². The second-order valence-electron chi connectivity index (χ2n) is 8.60. The molecule has 0 spiro atoms. The molecule has 0 aliphatic heterocycles. The van der Waals surface area contributed by atoms with Crippen LogP contribution in [0.1, 0.15) is 103 Å². The van der Waals surface area contributed by atoms with Crippen molar-refractivity contribution in [1.29, 1.82) is 0 Å². The maximum Gasteiger partial charge on any atom is 0.0448 e. The van der Waals surface area contributed by atoms with Crippen molar-refractivity contribution in [1.82, 2.24) is 10.6 Å². The van der Waals surface area contributed by atoms with Gasteiger partial charge in [0.05, 0.1) is 0 Å². The van der Waals surface area contributed by atoms with Gasteiger partial charge in [-0.15, -0.1) is 0 Å². The smallest absolute Gasteiger partial charge is 0.0448 e. The molecule has 0 aromatic heterocycles. The summed E-state index contributed by atoms with van der Waals surface area (Å²) in [6, 6.07) is 1.12. The Morgan fingerprint density at radius 3 is 1.32 bits per heavy atom. The van der Waals surface area contributed by atoms with Gasteiger partial charge in [-0.3, -0.25) is 0 Å². The summed E-state index contributed by atoms with van der Waals surface area (Å²) in [7, 11) is 1.95. The van der Waals surface area contributed by atoms with E-state index in [4.69, 9.17) is 5.11 Å². The van der Waals surface area contributed by atoms with Crippen LogP contribution in [0.4, 0.5) is 0 Å². The molecular weight excluding hydrogens is 308 g/mol. The van der Waals surface area contributed by atoms with Gasteiger partial charge in [0.15, 0.2) is 0 Å². The summed E-state index contributed by atoms with van der Waals surface area (Å²) >= 11 is 0. The Labute approximate surface area is 161 Å². The highest BCUT2D eigenvalue weighted by atomic mass is 16.3. The summed E-state index contributed by atoms with van der Waals surface area (Å²) in [5, 5.41) is 15.1. The standard InChI is InChI=1S/C8H19NO.C8H18.C4H11N.C2H6/c1-7(2)9-8(3,4)5-6-10;1-6-8(4,5)7(2)3;1-4(2)5-3;1-2/h7,9-10H,5-6H2,1-4H3;7H,6H2,1-5H3;4-5H,1-3H3;1-2H3. The van der Waals surface area contributed by atoms with Crippen molar-refractivity contribution in [3.8, 4) is 0 Å². The second kappa shape index (κ2) is 18.7. The van der Waals surface area contributed by atoms with Gasteiger partial charge >= 0.3 is 0 Å². The Hall–Kier alpha value is -0.120. The van der Waals surface area contributed by atoms with Crippen molar-refractivity contribution < 1.29 is 5.11 Å². The number of aliphatic hydroxyl groups is 1. The largest absolute Gasteiger partial charge is 0.396 e. The quantitative estimate of drug-likeness (QED) is 0.531. The van der Waals surface area contributed by atoms with Crippen LogP contribution in [0, 0.1) is 11.3 Å².